The van der Waals surface area contributed by atoms with Gasteiger partial charge in [-0.1, -0.05) is 30.5 Å². The van der Waals surface area contributed by atoms with E-state index in [2.05, 4.69) is 9.72 Å². The second-order valence-corrected chi connectivity index (χ2v) is 4.01. The van der Waals surface area contributed by atoms with E-state index in [1.807, 2.05) is 18.3 Å². The summed E-state index contributed by atoms with van der Waals surface area (Å²) < 4.78 is 4.61. The smallest absolute Gasteiger partial charge is 0.293 e. The first-order chi connectivity index (χ1) is 7.83. The summed E-state index contributed by atoms with van der Waals surface area (Å²) in [6.45, 7) is 1.03. The molecule has 0 radical (unpaired) electrons. The fourth-order valence-corrected chi connectivity index (χ4v) is 1.58. The van der Waals surface area contributed by atoms with Crippen LogP contribution in [0.3, 0.4) is 0 Å². The van der Waals surface area contributed by atoms with Gasteiger partial charge in [-0.2, -0.15) is 0 Å². The Morgan fingerprint density at radius 3 is 2.75 bits per heavy atom. The highest BCUT2D eigenvalue weighted by atomic mass is 35.5. The van der Waals surface area contributed by atoms with Gasteiger partial charge in [0.2, 0.25) is 0 Å². The minimum atomic E-state index is 0.499. The van der Waals surface area contributed by atoms with Crippen LogP contribution in [-0.2, 0) is 16.0 Å². The van der Waals surface area contributed by atoms with E-state index in [4.69, 9.17) is 11.6 Å². The number of ether oxygens (including phenoxy) is 1. The first-order valence-corrected chi connectivity index (χ1v) is 5.86. The fraction of sp³-hybridized carbons (Fsp3) is 0.500. The molecule has 0 fully saturated rings. The van der Waals surface area contributed by atoms with Crippen molar-refractivity contribution in [1.82, 2.24) is 4.98 Å². The summed E-state index contributed by atoms with van der Waals surface area (Å²) in [5.74, 6) is 0. The zero-order chi connectivity index (χ0) is 11.6. The van der Waals surface area contributed by atoms with Crippen LogP contribution in [0.1, 0.15) is 31.2 Å². The molecule has 0 aliphatic rings. The molecule has 0 spiro atoms. The molecule has 4 heteroatoms. The predicted octanol–water partition coefficient (Wildman–Crippen LogP) is 3.01. The maximum atomic E-state index is 9.87. The third-order valence-electron chi connectivity index (χ3n) is 2.33. The van der Waals surface area contributed by atoms with Gasteiger partial charge in [0.1, 0.15) is 5.15 Å². The minimum absolute atomic E-state index is 0.499. The van der Waals surface area contributed by atoms with E-state index in [0.29, 0.717) is 18.2 Å². The van der Waals surface area contributed by atoms with Crippen LogP contribution in [0, 0.1) is 0 Å². The van der Waals surface area contributed by atoms with Crippen molar-refractivity contribution in [2.45, 2.75) is 32.1 Å². The molecule has 0 aliphatic heterocycles. The van der Waals surface area contributed by atoms with Crippen molar-refractivity contribution >= 4 is 18.1 Å². The number of unbranched alkanes of at least 4 members (excludes halogenated alkanes) is 3. The fourth-order valence-electron chi connectivity index (χ4n) is 1.47. The van der Waals surface area contributed by atoms with Gasteiger partial charge in [0.25, 0.3) is 6.47 Å². The van der Waals surface area contributed by atoms with Gasteiger partial charge in [0.05, 0.1) is 6.61 Å². The number of aromatic nitrogens is 1. The van der Waals surface area contributed by atoms with Crippen molar-refractivity contribution in [3.8, 4) is 0 Å². The van der Waals surface area contributed by atoms with Crippen molar-refractivity contribution in [2.24, 2.45) is 0 Å². The minimum Gasteiger partial charge on any atom is -0.468 e. The van der Waals surface area contributed by atoms with Crippen LogP contribution >= 0.6 is 11.6 Å². The Labute approximate surface area is 101 Å². The number of carbonyl (C=O) groups excluding carboxylic acids is 1. The Bertz CT molecular complexity index is 300. The molecule has 3 nitrogen and oxygen atoms in total. The number of carbonyl (C=O) groups is 1. The van der Waals surface area contributed by atoms with Gasteiger partial charge >= 0.3 is 0 Å². The normalized spacial score (nSPS) is 10.1. The molecule has 0 unspecified atom stereocenters. The van der Waals surface area contributed by atoms with E-state index in [-0.39, 0.29) is 0 Å². The average Bonchev–Trinajstić information content (AvgIpc) is 2.30. The monoisotopic (exact) mass is 241 g/mol. The van der Waals surface area contributed by atoms with Gasteiger partial charge in [0, 0.05) is 6.20 Å². The van der Waals surface area contributed by atoms with Crippen molar-refractivity contribution in [1.29, 1.82) is 0 Å². The SMILES string of the molecule is O=COCCCCCCc1ccc(Cl)nc1. The van der Waals surface area contributed by atoms with Crippen molar-refractivity contribution in [2.75, 3.05) is 6.61 Å². The molecule has 0 saturated heterocycles. The van der Waals surface area contributed by atoms with Crippen LogP contribution in [0.2, 0.25) is 5.15 Å². The lowest BCUT2D eigenvalue weighted by atomic mass is 10.1. The highest BCUT2D eigenvalue weighted by Gasteiger charge is 1.95. The summed E-state index contributed by atoms with van der Waals surface area (Å²) >= 11 is 5.69. The summed E-state index contributed by atoms with van der Waals surface area (Å²) in [7, 11) is 0. The highest BCUT2D eigenvalue weighted by Crippen LogP contribution is 2.09. The molecular weight excluding hydrogens is 226 g/mol. The van der Waals surface area contributed by atoms with E-state index in [0.717, 1.165) is 32.1 Å². The van der Waals surface area contributed by atoms with Crippen LogP contribution < -0.4 is 0 Å². The van der Waals surface area contributed by atoms with Crippen LogP contribution in [0.4, 0.5) is 0 Å². The maximum absolute atomic E-state index is 9.87. The Balaban J connectivity index is 2.02. The molecule has 0 N–H and O–H groups in total. The summed E-state index contributed by atoms with van der Waals surface area (Å²) in [6.07, 6.45) is 7.15. The lowest BCUT2D eigenvalue weighted by molar-refractivity contribution is -0.128. The lowest BCUT2D eigenvalue weighted by Gasteiger charge is -2.01. The summed E-state index contributed by atoms with van der Waals surface area (Å²) in [6, 6.07) is 3.82. The number of pyridine rings is 1. The number of nitrogens with zero attached hydrogens (tertiary/aromatic N) is 1. The third kappa shape index (κ3) is 5.71. The van der Waals surface area contributed by atoms with Crippen molar-refractivity contribution in [3.63, 3.8) is 0 Å². The second-order valence-electron chi connectivity index (χ2n) is 3.62. The lowest BCUT2D eigenvalue weighted by Crippen LogP contribution is -1.92. The van der Waals surface area contributed by atoms with Gasteiger partial charge in [-0.15, -0.1) is 0 Å². The van der Waals surface area contributed by atoms with Crippen molar-refractivity contribution in [3.05, 3.63) is 29.0 Å². The van der Waals surface area contributed by atoms with Gasteiger partial charge < -0.3 is 4.74 Å². The standard InChI is InChI=1S/C12H16ClNO2/c13-12-7-6-11(9-14-12)5-3-1-2-4-8-16-10-15/h6-7,9-10H,1-5,8H2. The molecule has 16 heavy (non-hydrogen) atoms. The molecule has 88 valence electrons. The number of hydrogen-bond acceptors (Lipinski definition) is 3. The van der Waals surface area contributed by atoms with E-state index >= 15 is 0 Å². The van der Waals surface area contributed by atoms with Crippen LogP contribution in [0.25, 0.3) is 0 Å². The van der Waals surface area contributed by atoms with Crippen molar-refractivity contribution < 1.29 is 9.53 Å². The first kappa shape index (κ1) is 13.0. The zero-order valence-corrected chi connectivity index (χ0v) is 9.95. The Morgan fingerprint density at radius 2 is 2.06 bits per heavy atom. The predicted molar refractivity (Wildman–Crippen MR) is 63.4 cm³/mol. The molecule has 0 amide bonds. The van der Waals surface area contributed by atoms with Crippen LogP contribution in [0.5, 0.6) is 0 Å². The van der Waals surface area contributed by atoms with Gasteiger partial charge in [-0.25, -0.2) is 4.98 Å². The Hall–Kier alpha value is -1.09. The highest BCUT2D eigenvalue weighted by molar-refractivity contribution is 6.29. The third-order valence-corrected chi connectivity index (χ3v) is 2.56. The molecule has 1 heterocycles. The number of hydrogen-bond donors (Lipinski definition) is 0. The molecule has 0 bridgehead atoms. The molecule has 0 aliphatic carbocycles. The van der Waals surface area contributed by atoms with E-state index < -0.39 is 0 Å². The maximum Gasteiger partial charge on any atom is 0.293 e. The van der Waals surface area contributed by atoms with E-state index in [9.17, 15) is 4.79 Å². The van der Waals surface area contributed by atoms with Crippen LogP contribution in [0.15, 0.2) is 18.3 Å². The molecule has 1 aromatic rings. The second kappa shape index (κ2) is 8.11. The van der Waals surface area contributed by atoms with E-state index in [1.165, 1.54) is 5.56 Å². The number of halogens is 1. The topological polar surface area (TPSA) is 39.2 Å². The summed E-state index contributed by atoms with van der Waals surface area (Å²) in [5.41, 5.74) is 1.22. The quantitative estimate of drug-likeness (QED) is 0.399. The van der Waals surface area contributed by atoms with Gasteiger partial charge in [0.15, 0.2) is 0 Å². The summed E-state index contributed by atoms with van der Waals surface area (Å²) in [5, 5.41) is 0.537. The summed E-state index contributed by atoms with van der Waals surface area (Å²) in [4.78, 5) is 13.9. The van der Waals surface area contributed by atoms with E-state index in [1.54, 1.807) is 0 Å². The molecule has 1 rings (SSSR count). The number of rotatable bonds is 8. The Kier molecular flexibility index (Phi) is 6.58. The van der Waals surface area contributed by atoms with Crippen LogP contribution in [-0.4, -0.2) is 18.1 Å². The zero-order valence-electron chi connectivity index (χ0n) is 9.19. The van der Waals surface area contributed by atoms with Gasteiger partial charge in [-0.3, -0.25) is 4.79 Å². The number of aryl methyl sites for hydroxylation is 1. The van der Waals surface area contributed by atoms with Gasteiger partial charge in [-0.05, 0) is 30.9 Å². The molecule has 0 atom stereocenters. The molecule has 0 aromatic carbocycles. The average molecular weight is 242 g/mol. The largest absolute Gasteiger partial charge is 0.468 e. The Morgan fingerprint density at radius 1 is 1.25 bits per heavy atom. The molecule has 0 saturated carbocycles. The molecular formula is C12H16ClNO2. The molecule has 1 aromatic heterocycles. The first-order valence-electron chi connectivity index (χ1n) is 5.48.